The Hall–Kier alpha value is -3.25. The first kappa shape index (κ1) is 26.4. The number of sulfonamides is 1. The minimum absolute atomic E-state index is 0.0000695. The van der Waals surface area contributed by atoms with E-state index in [1.807, 2.05) is 0 Å². The zero-order valence-corrected chi connectivity index (χ0v) is 22.0. The predicted octanol–water partition coefficient (Wildman–Crippen LogP) is 2.28. The van der Waals surface area contributed by atoms with Crippen LogP contribution in [0.25, 0.3) is 11.3 Å². The largest absolute Gasteiger partial charge is 0.355 e. The van der Waals surface area contributed by atoms with Crippen LogP contribution >= 0.6 is 11.6 Å². The molecule has 0 saturated carbocycles. The molecule has 3 heterocycles. The summed E-state index contributed by atoms with van der Waals surface area (Å²) in [6.45, 7) is 1.42. The zero-order chi connectivity index (χ0) is 26.7. The standard InChI is InChI=1S/C26H28ClN5O5S/c27-21-11-5-4-10-19(21)24-13-22(31-37-24)26(34)30-23-16-32(38(35,36)18-8-2-1-3-9-18)15-20(23)25(33)29-17-7-6-12-28-14-17/h1-5,8-11,13,17,20,23,28H,6-7,12,14-16H2,(H,29,33)(H,30,34)/t17-,20-,23-/m0/s1. The molecule has 0 spiro atoms. The molecular formula is C26H28ClN5O5S. The van der Waals surface area contributed by atoms with Crippen molar-refractivity contribution in [3.05, 3.63) is 71.4 Å². The van der Waals surface area contributed by atoms with E-state index in [2.05, 4.69) is 21.1 Å². The highest BCUT2D eigenvalue weighted by molar-refractivity contribution is 7.89. The second kappa shape index (κ2) is 11.2. The van der Waals surface area contributed by atoms with E-state index < -0.39 is 27.9 Å². The molecule has 3 atom stereocenters. The highest BCUT2D eigenvalue weighted by atomic mass is 35.5. The lowest BCUT2D eigenvalue weighted by molar-refractivity contribution is -0.125. The molecule has 0 unspecified atom stereocenters. The monoisotopic (exact) mass is 557 g/mol. The normalized spacial score (nSPS) is 22.2. The van der Waals surface area contributed by atoms with E-state index in [0.717, 1.165) is 19.4 Å². The fourth-order valence-electron chi connectivity index (χ4n) is 4.81. The van der Waals surface area contributed by atoms with E-state index >= 15 is 0 Å². The molecule has 2 saturated heterocycles. The molecule has 1 aromatic heterocycles. The molecule has 12 heteroatoms. The molecule has 5 rings (SSSR count). The number of nitrogens with zero attached hydrogens (tertiary/aromatic N) is 2. The number of carbonyl (C=O) groups is 2. The van der Waals surface area contributed by atoms with Gasteiger partial charge < -0.3 is 20.5 Å². The molecule has 10 nitrogen and oxygen atoms in total. The maximum atomic E-state index is 13.3. The van der Waals surface area contributed by atoms with Gasteiger partial charge in [-0.05, 0) is 43.7 Å². The number of nitrogens with one attached hydrogen (secondary N) is 3. The average Bonchev–Trinajstić information content (AvgIpc) is 3.58. The highest BCUT2D eigenvalue weighted by Crippen LogP contribution is 2.29. The van der Waals surface area contributed by atoms with Crippen LogP contribution in [-0.4, -0.2) is 68.0 Å². The first-order valence-electron chi connectivity index (χ1n) is 12.4. The van der Waals surface area contributed by atoms with Gasteiger partial charge in [-0.1, -0.05) is 47.1 Å². The molecule has 3 aromatic rings. The highest BCUT2D eigenvalue weighted by Gasteiger charge is 2.44. The van der Waals surface area contributed by atoms with Gasteiger partial charge in [-0.25, -0.2) is 8.42 Å². The van der Waals surface area contributed by atoms with Gasteiger partial charge in [-0.3, -0.25) is 9.59 Å². The summed E-state index contributed by atoms with van der Waals surface area (Å²) >= 11 is 6.23. The summed E-state index contributed by atoms with van der Waals surface area (Å²) in [6, 6.07) is 15.7. The molecule has 38 heavy (non-hydrogen) atoms. The van der Waals surface area contributed by atoms with Gasteiger partial charge in [0.2, 0.25) is 15.9 Å². The molecule has 2 aliphatic rings. The Kier molecular flexibility index (Phi) is 7.80. The van der Waals surface area contributed by atoms with Gasteiger partial charge in [0.15, 0.2) is 11.5 Å². The molecule has 3 N–H and O–H groups in total. The SMILES string of the molecule is O=C(N[C@H]1CN(S(=O)(=O)c2ccccc2)C[C@@H]1C(=O)N[C@H]1CCCNC1)c1cc(-c2ccccc2Cl)on1. The number of rotatable bonds is 7. The Balaban J connectivity index is 1.36. The lowest BCUT2D eigenvalue weighted by atomic mass is 10.0. The summed E-state index contributed by atoms with van der Waals surface area (Å²) in [4.78, 5) is 26.6. The number of carbonyl (C=O) groups excluding carboxylic acids is 2. The van der Waals surface area contributed by atoms with Crippen LogP contribution < -0.4 is 16.0 Å². The van der Waals surface area contributed by atoms with Crippen LogP contribution in [0.5, 0.6) is 0 Å². The summed E-state index contributed by atoms with van der Waals surface area (Å²) in [5, 5.41) is 13.4. The Morgan fingerprint density at radius 2 is 1.82 bits per heavy atom. The second-order valence-corrected chi connectivity index (χ2v) is 11.8. The number of amides is 2. The molecule has 2 aliphatic heterocycles. The van der Waals surface area contributed by atoms with Gasteiger partial charge in [0.05, 0.1) is 21.9 Å². The van der Waals surface area contributed by atoms with Gasteiger partial charge in [0, 0.05) is 37.3 Å². The van der Waals surface area contributed by atoms with E-state index in [4.69, 9.17) is 16.1 Å². The van der Waals surface area contributed by atoms with Gasteiger partial charge in [-0.15, -0.1) is 0 Å². The van der Waals surface area contributed by atoms with E-state index in [0.29, 0.717) is 22.9 Å². The van der Waals surface area contributed by atoms with Crippen LogP contribution in [-0.2, 0) is 14.8 Å². The molecule has 0 bridgehead atoms. The molecular weight excluding hydrogens is 530 g/mol. The van der Waals surface area contributed by atoms with E-state index in [1.54, 1.807) is 42.5 Å². The first-order valence-corrected chi connectivity index (χ1v) is 14.2. The minimum atomic E-state index is -3.87. The molecule has 2 aromatic carbocycles. The van der Waals surface area contributed by atoms with Crippen LogP contribution in [0.1, 0.15) is 23.3 Å². The maximum Gasteiger partial charge on any atom is 0.273 e. The Morgan fingerprint density at radius 1 is 1.05 bits per heavy atom. The zero-order valence-electron chi connectivity index (χ0n) is 20.5. The van der Waals surface area contributed by atoms with Crippen LogP contribution in [0.2, 0.25) is 5.02 Å². The fraction of sp³-hybridized carbons (Fsp3) is 0.346. The van der Waals surface area contributed by atoms with Gasteiger partial charge in [0.1, 0.15) is 0 Å². The van der Waals surface area contributed by atoms with Crippen molar-refractivity contribution in [2.75, 3.05) is 26.2 Å². The molecule has 0 radical (unpaired) electrons. The lowest BCUT2D eigenvalue weighted by Gasteiger charge is -2.26. The van der Waals surface area contributed by atoms with Gasteiger partial charge >= 0.3 is 0 Å². The van der Waals surface area contributed by atoms with Gasteiger partial charge in [-0.2, -0.15) is 4.31 Å². The summed E-state index contributed by atoms with van der Waals surface area (Å²) in [6.07, 6.45) is 1.77. The van der Waals surface area contributed by atoms with E-state index in [9.17, 15) is 18.0 Å². The summed E-state index contributed by atoms with van der Waals surface area (Å²) in [5.41, 5.74) is 0.583. The van der Waals surface area contributed by atoms with Crippen LogP contribution in [0.3, 0.4) is 0 Å². The van der Waals surface area contributed by atoms with Crippen molar-refractivity contribution in [1.82, 2.24) is 25.4 Å². The number of halogens is 1. The average molecular weight is 558 g/mol. The Bertz CT molecular complexity index is 1410. The van der Waals surface area contributed by atoms with Crippen molar-refractivity contribution in [1.29, 1.82) is 0 Å². The second-order valence-electron chi connectivity index (χ2n) is 9.43. The van der Waals surface area contributed by atoms with E-state index in [1.165, 1.54) is 22.5 Å². The summed E-state index contributed by atoms with van der Waals surface area (Å²) < 4.78 is 33.2. The third-order valence-corrected chi connectivity index (χ3v) is 9.02. The quantitative estimate of drug-likeness (QED) is 0.406. The van der Waals surface area contributed by atoms with Crippen molar-refractivity contribution in [2.24, 2.45) is 5.92 Å². The van der Waals surface area contributed by atoms with Crippen molar-refractivity contribution < 1.29 is 22.5 Å². The minimum Gasteiger partial charge on any atom is -0.355 e. The van der Waals surface area contributed by atoms with Crippen molar-refractivity contribution in [3.63, 3.8) is 0 Å². The van der Waals surface area contributed by atoms with Crippen LogP contribution in [0.4, 0.5) is 0 Å². The molecule has 0 aliphatic carbocycles. The lowest BCUT2D eigenvalue weighted by Crippen LogP contribution is -2.51. The van der Waals surface area contributed by atoms with Crippen LogP contribution in [0.15, 0.2) is 70.1 Å². The first-order chi connectivity index (χ1) is 18.3. The predicted molar refractivity (Wildman–Crippen MR) is 141 cm³/mol. The van der Waals surface area contributed by atoms with Gasteiger partial charge in [0.25, 0.3) is 5.91 Å². The number of hydrogen-bond donors (Lipinski definition) is 3. The van der Waals surface area contributed by atoms with Crippen molar-refractivity contribution in [2.45, 2.75) is 29.8 Å². The third-order valence-electron chi connectivity index (χ3n) is 6.85. The number of benzene rings is 2. The summed E-state index contributed by atoms with van der Waals surface area (Å²) in [7, 11) is -3.87. The number of hydrogen-bond acceptors (Lipinski definition) is 7. The Morgan fingerprint density at radius 3 is 2.55 bits per heavy atom. The fourth-order valence-corrected chi connectivity index (χ4v) is 6.55. The maximum absolute atomic E-state index is 13.3. The molecule has 2 fully saturated rings. The third kappa shape index (κ3) is 5.60. The number of piperidine rings is 1. The molecule has 200 valence electrons. The molecule has 2 amide bonds. The van der Waals surface area contributed by atoms with Crippen LogP contribution in [0, 0.1) is 5.92 Å². The topological polar surface area (TPSA) is 134 Å². The van der Waals surface area contributed by atoms with Crippen molar-refractivity contribution >= 4 is 33.4 Å². The van der Waals surface area contributed by atoms with E-state index in [-0.39, 0.29) is 35.6 Å². The smallest absolute Gasteiger partial charge is 0.273 e. The number of aromatic nitrogens is 1. The Labute approximate surface area is 225 Å². The van der Waals surface area contributed by atoms with Crippen molar-refractivity contribution in [3.8, 4) is 11.3 Å². The summed E-state index contributed by atoms with van der Waals surface area (Å²) in [5.74, 6) is -1.34.